The molecule has 0 spiro atoms. The highest BCUT2D eigenvalue weighted by Crippen LogP contribution is 2.41. The quantitative estimate of drug-likeness (QED) is 0.287. The molecule has 6 rings (SSSR count). The molecule has 1 heterocycles. The maximum absolute atomic E-state index is 2.31. The van der Waals surface area contributed by atoms with Gasteiger partial charge in [-0.05, 0) is 53.2 Å². The van der Waals surface area contributed by atoms with Gasteiger partial charge in [0.05, 0.1) is 0 Å². The van der Waals surface area contributed by atoms with E-state index in [1.54, 1.807) is 0 Å². The monoisotopic (exact) mass is 401 g/mol. The molecule has 1 aromatic heterocycles. The summed E-state index contributed by atoms with van der Waals surface area (Å²) in [6, 6.07) is 41.2. The van der Waals surface area contributed by atoms with E-state index in [-0.39, 0.29) is 0 Å². The lowest BCUT2D eigenvalue weighted by Gasteiger charge is -2.25. The van der Waals surface area contributed by atoms with Crippen LogP contribution in [0.5, 0.6) is 0 Å². The van der Waals surface area contributed by atoms with Gasteiger partial charge in [0, 0.05) is 37.2 Å². The minimum atomic E-state index is 1.16. The number of para-hydroxylation sites is 2. The van der Waals surface area contributed by atoms with Crippen molar-refractivity contribution in [3.63, 3.8) is 0 Å². The Kier molecular flexibility index (Phi) is 4.03. The lowest BCUT2D eigenvalue weighted by molar-refractivity contribution is 1.29. The summed E-state index contributed by atoms with van der Waals surface area (Å²) in [7, 11) is 0. The van der Waals surface area contributed by atoms with Crippen molar-refractivity contribution in [1.82, 2.24) is 0 Å². The first kappa shape index (κ1) is 17.3. The van der Waals surface area contributed by atoms with Crippen LogP contribution >= 0.6 is 11.3 Å². The van der Waals surface area contributed by atoms with Crippen LogP contribution in [-0.2, 0) is 0 Å². The van der Waals surface area contributed by atoms with Gasteiger partial charge in [-0.15, -0.1) is 11.3 Å². The molecule has 2 heteroatoms. The first-order chi connectivity index (χ1) is 14.9. The normalized spacial score (nSPS) is 11.3. The van der Waals surface area contributed by atoms with E-state index < -0.39 is 0 Å². The summed E-state index contributed by atoms with van der Waals surface area (Å²) in [5.74, 6) is 0. The second kappa shape index (κ2) is 7.01. The van der Waals surface area contributed by atoms with E-state index in [9.17, 15) is 0 Å². The highest BCUT2D eigenvalue weighted by atomic mass is 32.1. The SMILES string of the molecule is c1ccc(N(c2ccccc2)c2ccc3c(ccc4c5ccccc5sc34)c2)cc1. The van der Waals surface area contributed by atoms with E-state index in [0.29, 0.717) is 0 Å². The lowest BCUT2D eigenvalue weighted by Crippen LogP contribution is -2.09. The van der Waals surface area contributed by atoms with Crippen LogP contribution in [0.2, 0.25) is 0 Å². The van der Waals surface area contributed by atoms with Crippen molar-refractivity contribution < 1.29 is 0 Å². The number of anilines is 3. The molecule has 0 amide bonds. The van der Waals surface area contributed by atoms with Crippen molar-refractivity contribution in [3.8, 4) is 0 Å². The molecule has 1 nitrogen and oxygen atoms in total. The van der Waals surface area contributed by atoms with Crippen LogP contribution in [0.25, 0.3) is 30.9 Å². The Balaban J connectivity index is 1.57. The molecule has 0 aliphatic carbocycles. The van der Waals surface area contributed by atoms with Crippen LogP contribution in [0.15, 0.2) is 115 Å². The van der Waals surface area contributed by atoms with E-state index in [0.717, 1.165) is 11.4 Å². The average molecular weight is 402 g/mol. The van der Waals surface area contributed by atoms with E-state index in [4.69, 9.17) is 0 Å². The highest BCUT2D eigenvalue weighted by Gasteiger charge is 2.14. The fourth-order valence-corrected chi connectivity index (χ4v) is 5.48. The number of nitrogens with zero attached hydrogens (tertiary/aromatic N) is 1. The molecule has 0 radical (unpaired) electrons. The molecule has 0 saturated heterocycles. The van der Waals surface area contributed by atoms with Crippen molar-refractivity contribution >= 4 is 59.3 Å². The summed E-state index contributed by atoms with van der Waals surface area (Å²) in [4.78, 5) is 2.31. The Labute approximate surface area is 179 Å². The van der Waals surface area contributed by atoms with Gasteiger partial charge in [-0.2, -0.15) is 0 Å². The van der Waals surface area contributed by atoms with E-state index in [1.165, 1.54) is 36.6 Å². The highest BCUT2D eigenvalue weighted by molar-refractivity contribution is 7.26. The second-order valence-corrected chi connectivity index (χ2v) is 8.50. The van der Waals surface area contributed by atoms with Crippen molar-refractivity contribution in [3.05, 3.63) is 115 Å². The third-order valence-electron chi connectivity index (χ3n) is 5.63. The van der Waals surface area contributed by atoms with Crippen LogP contribution < -0.4 is 4.90 Å². The van der Waals surface area contributed by atoms with Crippen LogP contribution in [0.3, 0.4) is 0 Å². The summed E-state index contributed by atoms with van der Waals surface area (Å²) in [5.41, 5.74) is 3.48. The average Bonchev–Trinajstić information content (AvgIpc) is 3.20. The number of hydrogen-bond acceptors (Lipinski definition) is 2. The number of hydrogen-bond donors (Lipinski definition) is 0. The van der Waals surface area contributed by atoms with Gasteiger partial charge in [-0.3, -0.25) is 0 Å². The van der Waals surface area contributed by atoms with Gasteiger partial charge in [0.15, 0.2) is 0 Å². The smallest absolute Gasteiger partial charge is 0.0468 e. The molecule has 5 aromatic carbocycles. The first-order valence-corrected chi connectivity index (χ1v) is 10.9. The number of thiophene rings is 1. The summed E-state index contributed by atoms with van der Waals surface area (Å²) < 4.78 is 2.71. The summed E-state index contributed by atoms with van der Waals surface area (Å²) in [5, 5.41) is 5.28. The molecule has 30 heavy (non-hydrogen) atoms. The predicted octanol–water partition coefficient (Wildman–Crippen LogP) is 8.68. The third-order valence-corrected chi connectivity index (χ3v) is 6.85. The molecule has 0 atom stereocenters. The van der Waals surface area contributed by atoms with Gasteiger partial charge in [-0.25, -0.2) is 0 Å². The summed E-state index contributed by atoms with van der Waals surface area (Å²) in [6.07, 6.45) is 0. The molecule has 0 aliphatic rings. The number of rotatable bonds is 3. The van der Waals surface area contributed by atoms with Crippen LogP contribution in [-0.4, -0.2) is 0 Å². The summed E-state index contributed by atoms with van der Waals surface area (Å²) >= 11 is 1.88. The van der Waals surface area contributed by atoms with Gasteiger partial charge in [-0.1, -0.05) is 72.8 Å². The summed E-state index contributed by atoms with van der Waals surface area (Å²) in [6.45, 7) is 0. The Bertz CT molecular complexity index is 1440. The molecule has 6 aromatic rings. The first-order valence-electron chi connectivity index (χ1n) is 10.1. The van der Waals surface area contributed by atoms with E-state index in [2.05, 4.69) is 120 Å². The zero-order valence-corrected chi connectivity index (χ0v) is 17.1. The molecular formula is C28H19NS. The Morgan fingerprint density at radius 3 is 1.83 bits per heavy atom. The third kappa shape index (κ3) is 2.77. The molecular weight excluding hydrogens is 382 g/mol. The lowest BCUT2D eigenvalue weighted by atomic mass is 10.0. The molecule has 0 N–H and O–H groups in total. The topological polar surface area (TPSA) is 3.24 Å². The van der Waals surface area contributed by atoms with Crippen LogP contribution in [0.1, 0.15) is 0 Å². The zero-order chi connectivity index (χ0) is 19.9. The minimum Gasteiger partial charge on any atom is -0.310 e. The molecule has 0 unspecified atom stereocenters. The van der Waals surface area contributed by atoms with Crippen molar-refractivity contribution in [2.45, 2.75) is 0 Å². The van der Waals surface area contributed by atoms with Crippen LogP contribution in [0.4, 0.5) is 17.1 Å². The Morgan fingerprint density at radius 2 is 1.10 bits per heavy atom. The Hall–Kier alpha value is -3.62. The second-order valence-electron chi connectivity index (χ2n) is 7.45. The fraction of sp³-hybridized carbons (Fsp3) is 0. The maximum Gasteiger partial charge on any atom is 0.0468 e. The zero-order valence-electron chi connectivity index (χ0n) is 16.3. The van der Waals surface area contributed by atoms with Gasteiger partial charge < -0.3 is 4.90 Å². The molecule has 0 fully saturated rings. The minimum absolute atomic E-state index is 1.16. The van der Waals surface area contributed by atoms with Gasteiger partial charge in [0.2, 0.25) is 0 Å². The van der Waals surface area contributed by atoms with Crippen molar-refractivity contribution in [2.24, 2.45) is 0 Å². The van der Waals surface area contributed by atoms with Gasteiger partial charge in [0.25, 0.3) is 0 Å². The molecule has 0 aliphatic heterocycles. The van der Waals surface area contributed by atoms with Crippen LogP contribution in [0, 0.1) is 0 Å². The molecule has 142 valence electrons. The van der Waals surface area contributed by atoms with Crippen molar-refractivity contribution in [2.75, 3.05) is 4.90 Å². The molecule has 0 saturated carbocycles. The maximum atomic E-state index is 2.31. The predicted molar refractivity (Wildman–Crippen MR) is 132 cm³/mol. The Morgan fingerprint density at radius 1 is 0.467 bits per heavy atom. The van der Waals surface area contributed by atoms with Gasteiger partial charge >= 0.3 is 0 Å². The largest absolute Gasteiger partial charge is 0.310 e. The number of benzene rings is 5. The van der Waals surface area contributed by atoms with E-state index in [1.807, 2.05) is 11.3 Å². The van der Waals surface area contributed by atoms with E-state index >= 15 is 0 Å². The van der Waals surface area contributed by atoms with Gasteiger partial charge in [0.1, 0.15) is 0 Å². The van der Waals surface area contributed by atoms with Crippen molar-refractivity contribution in [1.29, 1.82) is 0 Å². The standard InChI is InChI=1S/C28H19NS/c1-3-9-21(10-4-1)29(22-11-5-2-6-12-22)23-16-18-24-20(19-23)15-17-26-25-13-7-8-14-27(25)30-28(24)26/h1-19H. The molecule has 0 bridgehead atoms. The number of fused-ring (bicyclic) bond motifs is 5. The fourth-order valence-electron chi connectivity index (χ4n) is 4.24.